The number of hydrogen-bond donors (Lipinski definition) is 0. The SMILES string of the molecule is C=C1C=CC(=O)N1Cc1cn(CCOCCOCCOCCCC(=O)N2CCC(C(C)(C)C)CC2)nn1. The molecule has 1 aromatic rings. The van der Waals surface area contributed by atoms with Gasteiger partial charge in [-0.05, 0) is 36.7 Å². The fourth-order valence-corrected chi connectivity index (χ4v) is 4.53. The van der Waals surface area contributed by atoms with Crippen LogP contribution in [0.25, 0.3) is 0 Å². The van der Waals surface area contributed by atoms with Crippen LogP contribution in [0.3, 0.4) is 0 Å². The second kappa shape index (κ2) is 14.4. The third-order valence-corrected chi connectivity index (χ3v) is 6.90. The maximum atomic E-state index is 12.4. The van der Waals surface area contributed by atoms with Crippen molar-refractivity contribution < 1.29 is 23.8 Å². The molecule has 0 N–H and O–H groups in total. The maximum absolute atomic E-state index is 12.4. The maximum Gasteiger partial charge on any atom is 0.251 e. The lowest BCUT2D eigenvalue weighted by molar-refractivity contribution is -0.133. The standard InChI is InChI=1S/C27H43N5O5/c1-22-7-8-26(34)32(22)21-24-20-31(29-28-24)13-15-36-17-19-37-18-16-35-14-5-6-25(33)30-11-9-23(10-12-30)27(2,3)4/h7-8,20,23H,1,5-6,9-19,21H2,2-4H3. The first-order valence-corrected chi connectivity index (χ1v) is 13.3. The highest BCUT2D eigenvalue weighted by molar-refractivity contribution is 5.92. The molecule has 0 spiro atoms. The van der Waals surface area contributed by atoms with Crippen LogP contribution in [0.5, 0.6) is 0 Å². The van der Waals surface area contributed by atoms with Crippen LogP contribution in [-0.4, -0.2) is 89.3 Å². The second-order valence-corrected chi connectivity index (χ2v) is 10.7. The number of likely N-dealkylation sites (tertiary alicyclic amines) is 1. The normalized spacial score (nSPS) is 16.8. The van der Waals surface area contributed by atoms with E-state index in [4.69, 9.17) is 14.2 Å². The Morgan fingerprint density at radius 1 is 1.03 bits per heavy atom. The van der Waals surface area contributed by atoms with Gasteiger partial charge in [0, 0.05) is 37.9 Å². The minimum absolute atomic E-state index is 0.0920. The summed E-state index contributed by atoms with van der Waals surface area (Å²) in [5, 5.41) is 8.16. The van der Waals surface area contributed by atoms with Crippen molar-refractivity contribution in [3.63, 3.8) is 0 Å². The fraction of sp³-hybridized carbons (Fsp3) is 0.704. The lowest BCUT2D eigenvalue weighted by atomic mass is 9.75. The molecule has 2 amide bonds. The van der Waals surface area contributed by atoms with E-state index >= 15 is 0 Å². The molecule has 10 heteroatoms. The van der Waals surface area contributed by atoms with E-state index in [-0.39, 0.29) is 11.8 Å². The smallest absolute Gasteiger partial charge is 0.251 e. The number of aromatic nitrogens is 3. The number of nitrogens with zero attached hydrogens (tertiary/aromatic N) is 5. The topological polar surface area (TPSA) is 99.0 Å². The van der Waals surface area contributed by atoms with Gasteiger partial charge in [-0.2, -0.15) is 0 Å². The van der Waals surface area contributed by atoms with Crippen LogP contribution in [0.2, 0.25) is 0 Å². The number of carbonyl (C=O) groups excluding carboxylic acids is 2. The van der Waals surface area contributed by atoms with E-state index in [0.717, 1.165) is 32.4 Å². The third kappa shape index (κ3) is 9.68. The predicted molar refractivity (Wildman–Crippen MR) is 139 cm³/mol. The van der Waals surface area contributed by atoms with Crippen molar-refractivity contribution >= 4 is 11.8 Å². The zero-order valence-electron chi connectivity index (χ0n) is 22.7. The molecule has 0 radical (unpaired) electrons. The zero-order chi connectivity index (χ0) is 26.7. The summed E-state index contributed by atoms with van der Waals surface area (Å²) in [7, 11) is 0. The first-order chi connectivity index (χ1) is 17.7. The Bertz CT molecular complexity index is 897. The summed E-state index contributed by atoms with van der Waals surface area (Å²) in [5.74, 6) is 0.854. The van der Waals surface area contributed by atoms with Crippen molar-refractivity contribution in [1.82, 2.24) is 24.8 Å². The number of piperidine rings is 1. The lowest BCUT2D eigenvalue weighted by Crippen LogP contribution is -2.41. The number of allylic oxidation sites excluding steroid dienone is 1. The number of ether oxygens (including phenoxy) is 3. The quantitative estimate of drug-likeness (QED) is 0.330. The number of amides is 2. The van der Waals surface area contributed by atoms with Crippen LogP contribution < -0.4 is 0 Å². The Morgan fingerprint density at radius 3 is 2.30 bits per heavy atom. The summed E-state index contributed by atoms with van der Waals surface area (Å²) >= 11 is 0. The van der Waals surface area contributed by atoms with Crippen molar-refractivity contribution in [2.75, 3.05) is 52.7 Å². The molecule has 1 saturated heterocycles. The molecule has 0 aliphatic carbocycles. The number of rotatable bonds is 15. The van der Waals surface area contributed by atoms with E-state index in [1.807, 2.05) is 4.90 Å². The van der Waals surface area contributed by atoms with Crippen LogP contribution in [0, 0.1) is 11.3 Å². The lowest BCUT2D eigenvalue weighted by Gasteiger charge is -2.38. The van der Waals surface area contributed by atoms with Gasteiger partial charge in [0.1, 0.15) is 5.69 Å². The molecule has 1 fully saturated rings. The predicted octanol–water partition coefficient (Wildman–Crippen LogP) is 2.80. The molecule has 37 heavy (non-hydrogen) atoms. The first-order valence-electron chi connectivity index (χ1n) is 13.3. The molecule has 1 aromatic heterocycles. The van der Waals surface area contributed by atoms with Gasteiger partial charge in [-0.15, -0.1) is 5.10 Å². The highest BCUT2D eigenvalue weighted by Gasteiger charge is 2.30. The fourth-order valence-electron chi connectivity index (χ4n) is 4.53. The van der Waals surface area contributed by atoms with Crippen LogP contribution in [0.15, 0.2) is 30.6 Å². The molecular formula is C27H43N5O5. The summed E-state index contributed by atoms with van der Waals surface area (Å²) < 4.78 is 18.4. The molecule has 10 nitrogen and oxygen atoms in total. The minimum atomic E-state index is -0.0920. The summed E-state index contributed by atoms with van der Waals surface area (Å²) in [4.78, 5) is 27.7. The highest BCUT2D eigenvalue weighted by Crippen LogP contribution is 2.34. The number of hydrogen-bond acceptors (Lipinski definition) is 7. The van der Waals surface area contributed by atoms with Crippen molar-refractivity contribution in [3.05, 3.63) is 36.3 Å². The van der Waals surface area contributed by atoms with Gasteiger partial charge in [0.05, 0.1) is 52.3 Å². The largest absolute Gasteiger partial charge is 0.379 e. The van der Waals surface area contributed by atoms with E-state index in [1.54, 1.807) is 21.9 Å². The van der Waals surface area contributed by atoms with Gasteiger partial charge in [-0.25, -0.2) is 4.68 Å². The van der Waals surface area contributed by atoms with Gasteiger partial charge < -0.3 is 24.0 Å². The van der Waals surface area contributed by atoms with Gasteiger partial charge in [0.15, 0.2) is 0 Å². The second-order valence-electron chi connectivity index (χ2n) is 10.7. The van der Waals surface area contributed by atoms with Gasteiger partial charge in [-0.3, -0.25) is 9.59 Å². The van der Waals surface area contributed by atoms with Crippen LogP contribution in [0.1, 0.15) is 52.1 Å². The van der Waals surface area contributed by atoms with Crippen molar-refractivity contribution in [3.8, 4) is 0 Å². The van der Waals surface area contributed by atoms with Gasteiger partial charge in [-0.1, -0.05) is 32.6 Å². The first kappa shape index (κ1) is 29.0. The number of carbonyl (C=O) groups is 2. The van der Waals surface area contributed by atoms with Crippen LogP contribution in [0.4, 0.5) is 0 Å². The van der Waals surface area contributed by atoms with Gasteiger partial charge in [0.2, 0.25) is 5.91 Å². The Kier molecular flexibility index (Phi) is 11.3. The van der Waals surface area contributed by atoms with E-state index in [1.165, 1.54) is 6.08 Å². The molecule has 0 bridgehead atoms. The van der Waals surface area contributed by atoms with Crippen molar-refractivity contribution in [2.24, 2.45) is 11.3 Å². The van der Waals surface area contributed by atoms with Crippen LogP contribution >= 0.6 is 0 Å². The molecule has 0 saturated carbocycles. The Labute approximate surface area is 220 Å². The molecular weight excluding hydrogens is 474 g/mol. The summed E-state index contributed by atoms with van der Waals surface area (Å²) in [5.41, 5.74) is 1.68. The highest BCUT2D eigenvalue weighted by atomic mass is 16.5. The van der Waals surface area contributed by atoms with Crippen molar-refractivity contribution in [1.29, 1.82) is 0 Å². The minimum Gasteiger partial charge on any atom is -0.379 e. The molecule has 2 aliphatic heterocycles. The molecule has 3 heterocycles. The van der Waals surface area contributed by atoms with Gasteiger partial charge in [0.25, 0.3) is 5.91 Å². The van der Waals surface area contributed by atoms with Gasteiger partial charge >= 0.3 is 0 Å². The summed E-state index contributed by atoms with van der Waals surface area (Å²) in [6, 6.07) is 0. The molecule has 0 unspecified atom stereocenters. The Morgan fingerprint density at radius 2 is 1.68 bits per heavy atom. The zero-order valence-corrected chi connectivity index (χ0v) is 22.7. The molecule has 0 atom stereocenters. The monoisotopic (exact) mass is 517 g/mol. The summed E-state index contributed by atoms with van der Waals surface area (Å²) in [6.45, 7) is 16.4. The molecule has 0 aromatic carbocycles. The van der Waals surface area contributed by atoms with E-state index in [0.29, 0.717) is 81.9 Å². The van der Waals surface area contributed by atoms with E-state index in [9.17, 15) is 9.59 Å². The molecule has 2 aliphatic rings. The summed E-state index contributed by atoms with van der Waals surface area (Å²) in [6.07, 6.45) is 8.48. The average Bonchev–Trinajstić information content (AvgIpc) is 3.45. The van der Waals surface area contributed by atoms with Crippen molar-refractivity contribution in [2.45, 2.75) is 59.5 Å². The Balaban J connectivity index is 1.11. The molecule has 3 rings (SSSR count). The molecule has 206 valence electrons. The third-order valence-electron chi connectivity index (χ3n) is 6.90. The Hall–Kier alpha value is -2.56. The average molecular weight is 518 g/mol. The van der Waals surface area contributed by atoms with E-state index < -0.39 is 0 Å². The van der Waals surface area contributed by atoms with Crippen LogP contribution in [-0.2, 0) is 36.9 Å². The van der Waals surface area contributed by atoms with E-state index in [2.05, 4.69) is 37.7 Å².